The molecule has 0 aliphatic rings. The summed E-state index contributed by atoms with van der Waals surface area (Å²) in [5.41, 5.74) is 1.96. The molecule has 9 heteroatoms. The van der Waals surface area contributed by atoms with Gasteiger partial charge in [0, 0.05) is 38.5 Å². The topological polar surface area (TPSA) is 85.4 Å². The Balaban J connectivity index is 1.84. The van der Waals surface area contributed by atoms with Crippen molar-refractivity contribution >= 4 is 11.6 Å². The molecule has 0 aliphatic heterocycles. The minimum atomic E-state index is 0.177. The summed E-state index contributed by atoms with van der Waals surface area (Å²) in [6, 6.07) is 2.11. The van der Waals surface area contributed by atoms with Crippen molar-refractivity contribution in [1.82, 2.24) is 34.3 Å². The average Bonchev–Trinajstić information content (AvgIpc) is 3.16. The Hall–Kier alpha value is -2.52. The molecular formula is C15H22N8O. The second-order valence-electron chi connectivity index (χ2n) is 5.85. The van der Waals surface area contributed by atoms with Crippen LogP contribution in [0.25, 0.3) is 5.78 Å². The predicted octanol–water partition coefficient (Wildman–Crippen LogP) is 0.719. The highest BCUT2D eigenvalue weighted by Crippen LogP contribution is 2.19. The molecule has 0 bridgehead atoms. The van der Waals surface area contributed by atoms with E-state index in [9.17, 15) is 0 Å². The number of fused-ring (bicyclic) bond motifs is 1. The molecule has 0 spiro atoms. The van der Waals surface area contributed by atoms with Crippen LogP contribution in [0.3, 0.4) is 0 Å². The maximum Gasteiger partial charge on any atom is 0.254 e. The summed E-state index contributed by atoms with van der Waals surface area (Å²) in [6.45, 7) is 1.13. The Morgan fingerprint density at radius 3 is 2.83 bits per heavy atom. The van der Waals surface area contributed by atoms with Gasteiger partial charge in [0.1, 0.15) is 12.1 Å². The summed E-state index contributed by atoms with van der Waals surface area (Å²) >= 11 is 0. The third-order valence-corrected chi connectivity index (χ3v) is 3.81. The van der Waals surface area contributed by atoms with E-state index in [-0.39, 0.29) is 6.04 Å². The summed E-state index contributed by atoms with van der Waals surface area (Å²) in [6.07, 6.45) is 5.41. The number of hydrogen-bond acceptors (Lipinski definition) is 7. The first-order valence-electron chi connectivity index (χ1n) is 7.66. The molecule has 24 heavy (non-hydrogen) atoms. The minimum Gasteiger partial charge on any atom is -0.378 e. The van der Waals surface area contributed by atoms with E-state index in [0.717, 1.165) is 17.1 Å². The standard InChI is InChI=1S/C15H22N8O/c1-21(2)13(11-6-18-22(3)8-11)7-16-14-5-12(9-24-4)20-15-17-10-19-23(14)15/h5-6,8,10,13,16H,7,9H2,1-4H3. The Morgan fingerprint density at radius 2 is 2.17 bits per heavy atom. The summed E-state index contributed by atoms with van der Waals surface area (Å²) in [5.74, 6) is 1.38. The fraction of sp³-hybridized carbons (Fsp3) is 0.467. The number of likely N-dealkylation sites (N-methyl/N-ethyl adjacent to an activating group) is 1. The molecule has 0 radical (unpaired) electrons. The molecule has 3 heterocycles. The predicted molar refractivity (Wildman–Crippen MR) is 89.6 cm³/mol. The average molecular weight is 330 g/mol. The lowest BCUT2D eigenvalue weighted by atomic mass is 10.1. The van der Waals surface area contributed by atoms with Crippen molar-refractivity contribution in [1.29, 1.82) is 0 Å². The fourth-order valence-corrected chi connectivity index (χ4v) is 2.62. The molecule has 3 rings (SSSR count). The quantitative estimate of drug-likeness (QED) is 0.683. The van der Waals surface area contributed by atoms with Crippen LogP contribution in [0.4, 0.5) is 5.82 Å². The highest BCUT2D eigenvalue weighted by atomic mass is 16.5. The lowest BCUT2D eigenvalue weighted by molar-refractivity contribution is 0.181. The lowest BCUT2D eigenvalue weighted by Gasteiger charge is -2.24. The van der Waals surface area contributed by atoms with E-state index < -0.39 is 0 Å². The van der Waals surface area contributed by atoms with E-state index in [1.807, 2.05) is 44.3 Å². The van der Waals surface area contributed by atoms with Gasteiger partial charge in [0.2, 0.25) is 0 Å². The normalized spacial score (nSPS) is 12.9. The van der Waals surface area contributed by atoms with E-state index in [1.54, 1.807) is 11.6 Å². The number of rotatable bonds is 7. The molecule has 1 N–H and O–H groups in total. The minimum absolute atomic E-state index is 0.177. The van der Waals surface area contributed by atoms with Crippen molar-refractivity contribution < 1.29 is 4.74 Å². The van der Waals surface area contributed by atoms with Crippen LogP contribution in [0.15, 0.2) is 24.8 Å². The third kappa shape index (κ3) is 3.36. The summed E-state index contributed by atoms with van der Waals surface area (Å²) in [4.78, 5) is 10.7. The number of methoxy groups -OCH3 is 1. The van der Waals surface area contributed by atoms with Crippen molar-refractivity contribution in [3.63, 3.8) is 0 Å². The van der Waals surface area contributed by atoms with Gasteiger partial charge in [-0.25, -0.2) is 4.98 Å². The van der Waals surface area contributed by atoms with Gasteiger partial charge in [-0.3, -0.25) is 4.68 Å². The number of anilines is 1. The number of nitrogens with one attached hydrogen (secondary N) is 1. The number of hydrogen-bond donors (Lipinski definition) is 1. The van der Waals surface area contributed by atoms with Crippen LogP contribution in [-0.4, -0.2) is 62.0 Å². The molecule has 1 atom stereocenters. The van der Waals surface area contributed by atoms with Crippen molar-refractivity contribution in [2.24, 2.45) is 7.05 Å². The van der Waals surface area contributed by atoms with Crippen molar-refractivity contribution in [2.45, 2.75) is 12.6 Å². The van der Waals surface area contributed by atoms with E-state index in [4.69, 9.17) is 4.74 Å². The maximum absolute atomic E-state index is 5.18. The number of aryl methyl sites for hydroxylation is 1. The molecule has 0 amide bonds. The zero-order chi connectivity index (χ0) is 17.1. The fourth-order valence-electron chi connectivity index (χ4n) is 2.62. The van der Waals surface area contributed by atoms with E-state index in [1.165, 1.54) is 6.33 Å². The molecule has 0 aromatic carbocycles. The van der Waals surface area contributed by atoms with Crippen LogP contribution in [0.2, 0.25) is 0 Å². The highest BCUT2D eigenvalue weighted by molar-refractivity contribution is 5.45. The molecule has 1 unspecified atom stereocenters. The molecule has 0 fully saturated rings. The van der Waals surface area contributed by atoms with Crippen molar-refractivity contribution in [2.75, 3.05) is 33.1 Å². The number of aromatic nitrogens is 6. The van der Waals surface area contributed by atoms with Gasteiger partial charge in [-0.05, 0) is 14.1 Å². The van der Waals surface area contributed by atoms with Crippen LogP contribution >= 0.6 is 0 Å². The molecule has 0 saturated carbocycles. The van der Waals surface area contributed by atoms with E-state index in [0.29, 0.717) is 18.9 Å². The molecule has 128 valence electrons. The largest absolute Gasteiger partial charge is 0.378 e. The third-order valence-electron chi connectivity index (χ3n) is 3.81. The van der Waals surface area contributed by atoms with Gasteiger partial charge in [-0.2, -0.15) is 19.7 Å². The van der Waals surface area contributed by atoms with Crippen LogP contribution in [0, 0.1) is 0 Å². The van der Waals surface area contributed by atoms with Crippen LogP contribution in [0.1, 0.15) is 17.3 Å². The Labute approximate surface area is 140 Å². The summed E-state index contributed by atoms with van der Waals surface area (Å²) in [5, 5.41) is 11.9. The molecule has 0 saturated heterocycles. The second kappa shape index (κ2) is 6.93. The van der Waals surface area contributed by atoms with Gasteiger partial charge < -0.3 is 15.0 Å². The molecule has 3 aromatic heterocycles. The SMILES string of the molecule is COCc1cc(NCC(c2cnn(C)c2)N(C)C)n2ncnc2n1. The van der Waals surface area contributed by atoms with Crippen LogP contribution in [-0.2, 0) is 18.4 Å². The molecule has 3 aromatic rings. The first-order valence-corrected chi connectivity index (χ1v) is 7.66. The Bertz CT molecular complexity index is 809. The van der Waals surface area contributed by atoms with Gasteiger partial charge in [-0.15, -0.1) is 0 Å². The summed E-state index contributed by atoms with van der Waals surface area (Å²) in [7, 11) is 7.66. The number of ether oxygens (including phenoxy) is 1. The first kappa shape index (κ1) is 16.3. The van der Waals surface area contributed by atoms with Gasteiger partial charge in [0.05, 0.1) is 24.5 Å². The highest BCUT2D eigenvalue weighted by Gasteiger charge is 2.17. The maximum atomic E-state index is 5.18. The smallest absolute Gasteiger partial charge is 0.254 e. The van der Waals surface area contributed by atoms with E-state index in [2.05, 4.69) is 30.4 Å². The van der Waals surface area contributed by atoms with E-state index >= 15 is 0 Å². The van der Waals surface area contributed by atoms with Gasteiger partial charge in [0.15, 0.2) is 0 Å². The zero-order valence-corrected chi connectivity index (χ0v) is 14.3. The van der Waals surface area contributed by atoms with Crippen molar-refractivity contribution in [3.05, 3.63) is 36.0 Å². The number of nitrogens with zero attached hydrogens (tertiary/aromatic N) is 7. The first-order chi connectivity index (χ1) is 11.6. The van der Waals surface area contributed by atoms with Gasteiger partial charge in [0.25, 0.3) is 5.78 Å². The lowest BCUT2D eigenvalue weighted by Crippen LogP contribution is -2.27. The Kier molecular flexibility index (Phi) is 4.72. The van der Waals surface area contributed by atoms with Gasteiger partial charge >= 0.3 is 0 Å². The van der Waals surface area contributed by atoms with Crippen LogP contribution < -0.4 is 5.32 Å². The molecule has 9 nitrogen and oxygen atoms in total. The second-order valence-corrected chi connectivity index (χ2v) is 5.85. The Morgan fingerprint density at radius 1 is 1.33 bits per heavy atom. The molecular weight excluding hydrogens is 308 g/mol. The van der Waals surface area contributed by atoms with Crippen LogP contribution in [0.5, 0.6) is 0 Å². The summed E-state index contributed by atoms with van der Waals surface area (Å²) < 4.78 is 8.68. The van der Waals surface area contributed by atoms with Crippen molar-refractivity contribution in [3.8, 4) is 0 Å². The monoisotopic (exact) mass is 330 g/mol. The molecule has 0 aliphatic carbocycles. The zero-order valence-electron chi connectivity index (χ0n) is 14.3. The van der Waals surface area contributed by atoms with Gasteiger partial charge in [-0.1, -0.05) is 0 Å².